The first-order chi connectivity index (χ1) is 14.0. The molecule has 1 aromatic heterocycles. The molecule has 29 heavy (non-hydrogen) atoms. The van der Waals surface area contributed by atoms with Crippen LogP contribution in [0.5, 0.6) is 11.6 Å². The molecule has 2 heterocycles. The molecule has 2 aromatic carbocycles. The number of ether oxygens (including phenoxy) is 1. The molecule has 1 aliphatic rings. The molecule has 1 saturated heterocycles. The second-order valence-electron chi connectivity index (χ2n) is 6.67. The number of hydrogen-bond acceptors (Lipinski definition) is 5. The van der Waals surface area contributed by atoms with Gasteiger partial charge in [0.25, 0.3) is 0 Å². The van der Waals surface area contributed by atoms with E-state index < -0.39 is 0 Å². The summed E-state index contributed by atoms with van der Waals surface area (Å²) in [5.74, 6) is 0.786. The fraction of sp³-hybridized carbons (Fsp3) is 0.250. The highest BCUT2D eigenvalue weighted by molar-refractivity contribution is 7.80. The van der Waals surface area contributed by atoms with E-state index in [0.29, 0.717) is 21.2 Å². The van der Waals surface area contributed by atoms with Gasteiger partial charge in [-0.05, 0) is 54.7 Å². The lowest BCUT2D eigenvalue weighted by atomic mass is 10.2. The van der Waals surface area contributed by atoms with E-state index in [9.17, 15) is 5.11 Å². The number of hydrogen-bond donors (Lipinski definition) is 2. The van der Waals surface area contributed by atoms with E-state index in [2.05, 4.69) is 32.2 Å². The lowest BCUT2D eigenvalue weighted by Crippen LogP contribution is -2.47. The monoisotopic (exact) mass is 429 g/mol. The van der Waals surface area contributed by atoms with E-state index in [4.69, 9.17) is 28.6 Å². The average Bonchev–Trinajstić information content (AvgIpc) is 3.06. The zero-order chi connectivity index (χ0) is 20.4. The molecule has 0 aliphatic carbocycles. The number of rotatable bonds is 3. The second kappa shape index (κ2) is 8.26. The van der Waals surface area contributed by atoms with Crippen LogP contribution < -0.4 is 9.64 Å². The molecule has 7 nitrogen and oxygen atoms in total. The minimum atomic E-state index is -0.0573. The number of methoxy groups -OCH3 is 1. The minimum absolute atomic E-state index is 0.0573. The van der Waals surface area contributed by atoms with Crippen LogP contribution in [0.25, 0.3) is 10.9 Å². The molecule has 2 N–H and O–H groups in total. The van der Waals surface area contributed by atoms with Gasteiger partial charge in [-0.15, -0.1) is 10.2 Å². The van der Waals surface area contributed by atoms with Crippen molar-refractivity contribution in [2.45, 2.75) is 0 Å². The highest BCUT2D eigenvalue weighted by Gasteiger charge is 2.19. The number of aromatic hydroxyl groups is 1. The topological polar surface area (TPSA) is 76.4 Å². The van der Waals surface area contributed by atoms with Gasteiger partial charge in [0.1, 0.15) is 5.75 Å². The third kappa shape index (κ3) is 4.13. The number of H-pyrrole nitrogens is 1. The maximum Gasteiger partial charge on any atom is 0.218 e. The van der Waals surface area contributed by atoms with E-state index in [0.717, 1.165) is 43.1 Å². The Labute approximate surface area is 178 Å². The zero-order valence-electron chi connectivity index (χ0n) is 15.8. The number of halogens is 1. The number of thiocarbonyl (C=S) groups is 1. The summed E-state index contributed by atoms with van der Waals surface area (Å²) in [6, 6.07) is 13.3. The lowest BCUT2D eigenvalue weighted by molar-refractivity contribution is 0.387. The number of nitrogens with zero attached hydrogens (tertiary/aromatic N) is 4. The number of aromatic amines is 1. The minimum Gasteiger partial charge on any atom is -0.497 e. The van der Waals surface area contributed by atoms with Crippen LogP contribution in [0.2, 0.25) is 5.02 Å². The van der Waals surface area contributed by atoms with Gasteiger partial charge in [-0.1, -0.05) is 11.6 Å². The maximum atomic E-state index is 10.1. The first kappa shape index (κ1) is 19.5. The zero-order valence-corrected chi connectivity index (χ0v) is 17.4. The van der Waals surface area contributed by atoms with Crippen LogP contribution in [0.3, 0.4) is 0 Å². The first-order valence-corrected chi connectivity index (χ1v) is 9.93. The number of aromatic nitrogens is 1. The standard InChI is InChI=1S/C20H20ClN5O2S/c1-28-15-5-3-14(4-6-15)25-8-10-26(11-9-25)20(29)24-23-18-16-12-13(21)2-7-17(16)22-19(18)27/h2-7,12,22,27H,8-11H2,1H3. The summed E-state index contributed by atoms with van der Waals surface area (Å²) >= 11 is 11.5. The van der Waals surface area contributed by atoms with Crippen molar-refractivity contribution in [1.82, 2.24) is 9.88 Å². The molecular formula is C20H20ClN5O2S. The summed E-state index contributed by atoms with van der Waals surface area (Å²) in [5, 5.41) is 20.1. The normalized spacial score (nSPS) is 14.7. The molecular weight excluding hydrogens is 410 g/mol. The predicted octanol–water partition coefficient (Wildman–Crippen LogP) is 4.73. The Morgan fingerprint density at radius 2 is 1.86 bits per heavy atom. The fourth-order valence-corrected chi connectivity index (χ4v) is 3.74. The van der Waals surface area contributed by atoms with Crippen LogP contribution in [-0.2, 0) is 0 Å². The number of fused-ring (bicyclic) bond motifs is 1. The Balaban J connectivity index is 1.41. The Morgan fingerprint density at radius 3 is 2.55 bits per heavy atom. The molecule has 3 aromatic rings. The molecule has 0 saturated carbocycles. The highest BCUT2D eigenvalue weighted by atomic mass is 35.5. The molecule has 1 fully saturated rings. The van der Waals surface area contributed by atoms with Crippen molar-refractivity contribution in [1.29, 1.82) is 0 Å². The molecule has 0 bridgehead atoms. The van der Waals surface area contributed by atoms with E-state index in [1.807, 2.05) is 17.0 Å². The number of piperazine rings is 1. The Kier molecular flexibility index (Phi) is 5.55. The van der Waals surface area contributed by atoms with Crippen LogP contribution in [0.4, 0.5) is 11.4 Å². The summed E-state index contributed by atoms with van der Waals surface area (Å²) in [5.41, 5.74) is 2.22. The summed E-state index contributed by atoms with van der Waals surface area (Å²) in [6.07, 6.45) is 0. The Morgan fingerprint density at radius 1 is 1.14 bits per heavy atom. The van der Waals surface area contributed by atoms with Crippen LogP contribution in [0.1, 0.15) is 0 Å². The van der Waals surface area contributed by atoms with E-state index >= 15 is 0 Å². The van der Waals surface area contributed by atoms with Crippen molar-refractivity contribution < 1.29 is 9.84 Å². The van der Waals surface area contributed by atoms with Crippen molar-refractivity contribution in [3.63, 3.8) is 0 Å². The van der Waals surface area contributed by atoms with Crippen LogP contribution in [-0.4, -0.2) is 53.4 Å². The van der Waals surface area contributed by atoms with Gasteiger partial charge >= 0.3 is 0 Å². The van der Waals surface area contributed by atoms with Gasteiger partial charge in [0.05, 0.1) is 12.6 Å². The molecule has 150 valence electrons. The van der Waals surface area contributed by atoms with Gasteiger partial charge in [0, 0.05) is 42.3 Å². The molecule has 1 aliphatic heterocycles. The van der Waals surface area contributed by atoms with E-state index in [1.165, 1.54) is 0 Å². The van der Waals surface area contributed by atoms with Gasteiger partial charge in [-0.3, -0.25) is 0 Å². The lowest BCUT2D eigenvalue weighted by Gasteiger charge is -2.36. The van der Waals surface area contributed by atoms with Crippen molar-refractivity contribution in [3.8, 4) is 11.6 Å². The molecule has 0 spiro atoms. The maximum absolute atomic E-state index is 10.1. The summed E-state index contributed by atoms with van der Waals surface area (Å²) in [6.45, 7) is 3.15. The predicted molar refractivity (Wildman–Crippen MR) is 119 cm³/mol. The number of nitrogens with one attached hydrogen (secondary N) is 1. The van der Waals surface area contributed by atoms with Crippen LogP contribution in [0.15, 0.2) is 52.7 Å². The molecule has 9 heteroatoms. The van der Waals surface area contributed by atoms with Crippen LogP contribution in [0, 0.1) is 0 Å². The van der Waals surface area contributed by atoms with Crippen molar-refractivity contribution in [2.75, 3.05) is 38.2 Å². The largest absolute Gasteiger partial charge is 0.497 e. The first-order valence-electron chi connectivity index (χ1n) is 9.15. The molecule has 4 rings (SSSR count). The molecule has 0 amide bonds. The summed E-state index contributed by atoms with van der Waals surface area (Å²) in [4.78, 5) is 7.17. The fourth-order valence-electron chi connectivity index (χ4n) is 3.34. The highest BCUT2D eigenvalue weighted by Crippen LogP contribution is 2.36. The van der Waals surface area contributed by atoms with Gasteiger partial charge in [-0.25, -0.2) is 0 Å². The SMILES string of the molecule is COc1ccc(N2CCN(C(=S)N=Nc3c(O)[nH]c4ccc(Cl)cc34)CC2)cc1. The summed E-state index contributed by atoms with van der Waals surface area (Å²) in [7, 11) is 1.66. The smallest absolute Gasteiger partial charge is 0.218 e. The van der Waals surface area contributed by atoms with E-state index in [1.54, 1.807) is 25.3 Å². The van der Waals surface area contributed by atoms with Gasteiger partial charge in [0.2, 0.25) is 11.0 Å². The molecule has 0 atom stereocenters. The third-order valence-corrected chi connectivity index (χ3v) is 5.51. The third-order valence-electron chi connectivity index (χ3n) is 4.94. The van der Waals surface area contributed by atoms with E-state index in [-0.39, 0.29) is 5.88 Å². The van der Waals surface area contributed by atoms with Crippen molar-refractivity contribution in [2.24, 2.45) is 10.2 Å². The molecule has 0 radical (unpaired) electrons. The second-order valence-corrected chi connectivity index (χ2v) is 7.47. The van der Waals surface area contributed by atoms with Gasteiger partial charge in [-0.2, -0.15) is 0 Å². The average molecular weight is 430 g/mol. The number of azo groups is 1. The Hall–Kier alpha value is -2.84. The van der Waals surface area contributed by atoms with Crippen molar-refractivity contribution in [3.05, 3.63) is 47.5 Å². The quantitative estimate of drug-likeness (QED) is 0.465. The molecule has 0 unspecified atom stereocenters. The van der Waals surface area contributed by atoms with Gasteiger partial charge < -0.3 is 24.6 Å². The van der Waals surface area contributed by atoms with Crippen LogP contribution >= 0.6 is 23.8 Å². The number of benzene rings is 2. The Bertz CT molecular complexity index is 1060. The van der Waals surface area contributed by atoms with Crippen molar-refractivity contribution >= 4 is 51.2 Å². The number of anilines is 1. The van der Waals surface area contributed by atoms with Gasteiger partial charge in [0.15, 0.2) is 5.69 Å². The summed E-state index contributed by atoms with van der Waals surface area (Å²) < 4.78 is 5.21.